The number of rotatable bonds is 20. The van der Waals surface area contributed by atoms with Gasteiger partial charge in [-0.05, 0) is 23.2 Å². The highest BCUT2D eigenvalue weighted by atomic mass is 19.4. The molecule has 0 aliphatic rings. The average Bonchev–Trinajstić information content (AvgIpc) is 3.04. The molecule has 11 N–H and O–H groups in total. The van der Waals surface area contributed by atoms with Gasteiger partial charge in [0.25, 0.3) is 5.91 Å². The lowest BCUT2D eigenvalue weighted by Gasteiger charge is -2.39. The van der Waals surface area contributed by atoms with Crippen molar-refractivity contribution in [1.82, 2.24) is 5.32 Å². The zero-order valence-electron chi connectivity index (χ0n) is 23.4. The first kappa shape index (κ1) is 40.7. The second-order valence-electron chi connectivity index (χ2n) is 9.61. The van der Waals surface area contributed by atoms with Crippen molar-refractivity contribution in [3.8, 4) is 0 Å². The molecule has 9 atom stereocenters. The van der Waals surface area contributed by atoms with Crippen LogP contribution < -0.4 is 5.32 Å². The minimum Gasteiger partial charge on any atom is -0.393 e. The Balaban J connectivity index is 3.46. The number of hydrogen-bond acceptors (Lipinski definition) is 16. The highest BCUT2D eigenvalue weighted by Gasteiger charge is 2.50. The lowest BCUT2D eigenvalue weighted by atomic mass is 9.99. The lowest BCUT2D eigenvalue weighted by Crippen LogP contribution is -2.62. The van der Waals surface area contributed by atoms with Crippen LogP contribution in [-0.4, -0.2) is 156 Å². The second kappa shape index (κ2) is 17.5. The topological polar surface area (TPSA) is 333 Å². The van der Waals surface area contributed by atoms with Gasteiger partial charge in [0.1, 0.15) is 36.6 Å². The number of amides is 1. The fraction of sp³-hybridized carbons (Fsp3) is 0.625. The van der Waals surface area contributed by atoms with Gasteiger partial charge in [-0.15, -0.1) is 0 Å². The van der Waals surface area contributed by atoms with Gasteiger partial charge in [0.05, 0.1) is 32.5 Å². The van der Waals surface area contributed by atoms with Gasteiger partial charge in [0.15, 0.2) is 18.6 Å². The molecule has 260 valence electrons. The van der Waals surface area contributed by atoms with Crippen LogP contribution in [0.1, 0.15) is 22.0 Å². The maximum absolute atomic E-state index is 13.2. The number of aliphatic hydroxyl groups excluding tert-OH is 8. The molecule has 46 heavy (non-hydrogen) atoms. The van der Waals surface area contributed by atoms with Crippen LogP contribution in [0, 0.1) is 0 Å². The van der Waals surface area contributed by atoms with Gasteiger partial charge in [-0.1, -0.05) is 17.2 Å². The number of aliphatic hydroxyl groups is 10. The smallest absolute Gasteiger partial charge is 0.393 e. The van der Waals surface area contributed by atoms with Crippen LogP contribution in [0.15, 0.2) is 29.4 Å². The summed E-state index contributed by atoms with van der Waals surface area (Å²) in [6, 6.07) is -1.14. The van der Waals surface area contributed by atoms with Crippen molar-refractivity contribution in [2.45, 2.75) is 66.5 Å². The molecule has 1 aromatic carbocycles. The SMILES string of the molecule is [N-]=[N+]=NC(c1ccc(C(=O)NC(CO[C@@](O)([C@H](O)CO)[C@H](O)[C@H](O)C=O)CO[C@@](O)([C@H](O)CO)[C@H](O)[C@H](O)C=O)cc1)C(F)(F)F. The minimum absolute atomic E-state index is 0.281. The third kappa shape index (κ3) is 10.1. The molecular formula is C24H33F3N4O15. The molecule has 0 saturated carbocycles. The van der Waals surface area contributed by atoms with Gasteiger partial charge >= 0.3 is 6.18 Å². The van der Waals surface area contributed by atoms with E-state index in [2.05, 4.69) is 15.3 Å². The maximum Gasteiger partial charge on any atom is 0.401 e. The Bertz CT molecular complexity index is 1150. The Labute approximate surface area is 256 Å². The second-order valence-corrected chi connectivity index (χ2v) is 9.61. The van der Waals surface area contributed by atoms with E-state index in [9.17, 15) is 78.6 Å². The quantitative estimate of drug-likeness (QED) is 0.0205. The van der Waals surface area contributed by atoms with Gasteiger partial charge in [0.2, 0.25) is 11.6 Å². The van der Waals surface area contributed by atoms with E-state index < -0.39 is 104 Å². The molecule has 22 heteroatoms. The van der Waals surface area contributed by atoms with Crippen molar-refractivity contribution in [2.75, 3.05) is 26.4 Å². The van der Waals surface area contributed by atoms with Crippen LogP contribution in [0.4, 0.5) is 13.2 Å². The number of nitrogens with zero attached hydrogens (tertiary/aromatic N) is 3. The first-order valence-corrected chi connectivity index (χ1v) is 12.8. The lowest BCUT2D eigenvalue weighted by molar-refractivity contribution is -0.327. The van der Waals surface area contributed by atoms with E-state index >= 15 is 0 Å². The summed E-state index contributed by atoms with van der Waals surface area (Å²) in [6.45, 7) is -5.01. The Kier molecular flexibility index (Phi) is 15.5. The number of azide groups is 1. The number of carbonyl (C=O) groups is 3. The monoisotopic (exact) mass is 674 g/mol. The molecule has 1 rings (SSSR count). The predicted octanol–water partition coefficient (Wildman–Crippen LogP) is -4.34. The van der Waals surface area contributed by atoms with Gasteiger partial charge in [-0.3, -0.25) is 4.79 Å². The zero-order valence-corrected chi connectivity index (χ0v) is 23.4. The minimum atomic E-state index is -4.99. The number of ether oxygens (including phenoxy) is 2. The molecule has 0 bridgehead atoms. The molecule has 0 aliphatic carbocycles. The van der Waals surface area contributed by atoms with Gasteiger partial charge in [-0.2, -0.15) is 13.2 Å². The van der Waals surface area contributed by atoms with E-state index in [0.29, 0.717) is 0 Å². The summed E-state index contributed by atoms with van der Waals surface area (Å²) in [4.78, 5) is 37.0. The predicted molar refractivity (Wildman–Crippen MR) is 140 cm³/mol. The van der Waals surface area contributed by atoms with Crippen molar-refractivity contribution >= 4 is 18.5 Å². The Hall–Kier alpha value is -3.35. The normalized spacial score (nSPS) is 19.3. The highest BCUT2D eigenvalue weighted by molar-refractivity contribution is 5.94. The van der Waals surface area contributed by atoms with Gasteiger partial charge < -0.3 is 75.4 Å². The van der Waals surface area contributed by atoms with Crippen LogP contribution in [-0.2, 0) is 19.1 Å². The van der Waals surface area contributed by atoms with Gasteiger partial charge in [-0.25, -0.2) is 0 Å². The third-order valence-electron chi connectivity index (χ3n) is 6.41. The summed E-state index contributed by atoms with van der Waals surface area (Å²) >= 11 is 0. The number of halogens is 3. The van der Waals surface area contributed by atoms with Crippen molar-refractivity contribution in [3.05, 3.63) is 45.8 Å². The molecule has 19 nitrogen and oxygen atoms in total. The molecular weight excluding hydrogens is 641 g/mol. The number of benzene rings is 1. The molecule has 0 spiro atoms. The summed E-state index contributed by atoms with van der Waals surface area (Å²) in [7, 11) is 0. The summed E-state index contributed by atoms with van der Waals surface area (Å²) < 4.78 is 49.7. The van der Waals surface area contributed by atoms with Crippen molar-refractivity contribution in [1.29, 1.82) is 0 Å². The largest absolute Gasteiger partial charge is 0.401 e. The summed E-state index contributed by atoms with van der Waals surface area (Å²) in [6.07, 6.45) is -20.5. The Morgan fingerprint density at radius 2 is 1.28 bits per heavy atom. The molecule has 1 unspecified atom stereocenters. The molecule has 0 heterocycles. The summed E-state index contributed by atoms with van der Waals surface area (Å²) in [5.74, 6) is -7.89. The zero-order chi connectivity index (χ0) is 35.5. The first-order valence-electron chi connectivity index (χ1n) is 12.8. The van der Waals surface area contributed by atoms with E-state index in [1.54, 1.807) is 0 Å². The van der Waals surface area contributed by atoms with E-state index in [-0.39, 0.29) is 18.1 Å². The van der Waals surface area contributed by atoms with Crippen molar-refractivity contribution in [2.24, 2.45) is 5.11 Å². The van der Waals surface area contributed by atoms with Crippen LogP contribution in [0.3, 0.4) is 0 Å². The third-order valence-corrected chi connectivity index (χ3v) is 6.41. The number of alkyl halides is 3. The fourth-order valence-corrected chi connectivity index (χ4v) is 3.72. The Morgan fingerprint density at radius 3 is 1.61 bits per heavy atom. The molecule has 1 aromatic rings. The average molecular weight is 675 g/mol. The van der Waals surface area contributed by atoms with E-state index in [0.717, 1.165) is 24.3 Å². The van der Waals surface area contributed by atoms with Crippen LogP contribution in [0.2, 0.25) is 0 Å². The highest BCUT2D eigenvalue weighted by Crippen LogP contribution is 2.36. The summed E-state index contributed by atoms with van der Waals surface area (Å²) in [5, 5.41) is 104. The number of hydrogen-bond donors (Lipinski definition) is 11. The molecule has 0 aliphatic heterocycles. The molecule has 0 radical (unpaired) electrons. The molecule has 0 saturated heterocycles. The molecule has 1 amide bonds. The van der Waals surface area contributed by atoms with Gasteiger partial charge in [0, 0.05) is 10.5 Å². The van der Waals surface area contributed by atoms with Crippen LogP contribution in [0.25, 0.3) is 10.4 Å². The van der Waals surface area contributed by atoms with Crippen LogP contribution in [0.5, 0.6) is 0 Å². The number of aldehydes is 2. The summed E-state index contributed by atoms with van der Waals surface area (Å²) in [5.41, 5.74) is 7.50. The van der Waals surface area contributed by atoms with E-state index in [4.69, 9.17) is 15.0 Å². The first-order chi connectivity index (χ1) is 21.4. The molecule has 0 aromatic heterocycles. The maximum atomic E-state index is 13.2. The number of nitrogens with one attached hydrogen (secondary N) is 1. The number of carbonyl (C=O) groups excluding carboxylic acids is 3. The van der Waals surface area contributed by atoms with Crippen LogP contribution >= 0.6 is 0 Å². The molecule has 0 fully saturated rings. The van der Waals surface area contributed by atoms with E-state index in [1.165, 1.54) is 0 Å². The van der Waals surface area contributed by atoms with Crippen molar-refractivity contribution < 1.29 is 88.1 Å². The standard InChI is InChI=1S/C24H33F3N4O15/c25-24(26,27)18(30-31-28)11-1-3-12(4-2-11)21(42)29-13(9-45-22(43,16(38)7-34)19(40)14(36)5-32)10-46-23(44,17(39)8-35)20(41)15(37)6-33/h1-6,13-20,34-41,43-44H,7-10H2,(H,29,42)/t14-,15-,16-,17-,18?,19-,20-,22+,23+/m1/s1. The fourth-order valence-electron chi connectivity index (χ4n) is 3.72. The Morgan fingerprint density at radius 1 is 0.870 bits per heavy atom. The van der Waals surface area contributed by atoms with E-state index in [1.807, 2.05) is 0 Å². The van der Waals surface area contributed by atoms with Crippen molar-refractivity contribution in [3.63, 3.8) is 0 Å².